The molecule has 124 valence electrons. The van der Waals surface area contributed by atoms with E-state index in [0.29, 0.717) is 19.8 Å². The topological polar surface area (TPSA) is 30.5 Å². The summed E-state index contributed by atoms with van der Waals surface area (Å²) in [5.41, 5.74) is 3.29. The third-order valence-electron chi connectivity index (χ3n) is 3.34. The molecule has 1 N–H and O–H groups in total. The molecule has 0 saturated carbocycles. The summed E-state index contributed by atoms with van der Waals surface area (Å²) in [5, 5.41) is 4.14. The van der Waals surface area contributed by atoms with Crippen molar-refractivity contribution in [3.8, 4) is 11.5 Å². The number of aryl methyl sites for hydroxylation is 1. The average Bonchev–Trinajstić information content (AvgIpc) is 2.52. The van der Waals surface area contributed by atoms with Gasteiger partial charge in [0.2, 0.25) is 0 Å². The first-order valence-electron chi connectivity index (χ1n) is 7.63. The Bertz CT molecular complexity index is 676. The highest BCUT2D eigenvalue weighted by molar-refractivity contribution is 9.10. The molecule has 23 heavy (non-hydrogen) atoms. The molecule has 0 amide bonds. The lowest BCUT2D eigenvalue weighted by Gasteiger charge is -2.16. The first kappa shape index (κ1) is 18.0. The lowest BCUT2D eigenvalue weighted by atomic mass is 10.1. The van der Waals surface area contributed by atoms with Crippen molar-refractivity contribution in [1.82, 2.24) is 0 Å². The van der Waals surface area contributed by atoms with Crippen LogP contribution < -0.4 is 14.8 Å². The molecule has 0 aromatic heterocycles. The molecule has 2 aromatic carbocycles. The highest BCUT2D eigenvalue weighted by Gasteiger charge is 2.12. The van der Waals surface area contributed by atoms with E-state index in [1.807, 2.05) is 44.2 Å². The minimum absolute atomic E-state index is 0.594. The molecule has 3 nitrogen and oxygen atoms in total. The van der Waals surface area contributed by atoms with Gasteiger partial charge in [0.05, 0.1) is 17.7 Å². The van der Waals surface area contributed by atoms with Gasteiger partial charge in [-0.3, -0.25) is 0 Å². The molecule has 0 bridgehead atoms. The molecular weight excluding hydrogens is 378 g/mol. The predicted molar refractivity (Wildman–Crippen MR) is 100.0 cm³/mol. The highest BCUT2D eigenvalue weighted by Crippen LogP contribution is 2.37. The number of rotatable bonds is 7. The summed E-state index contributed by atoms with van der Waals surface area (Å²) in [7, 11) is 0. The maximum atomic E-state index is 6.06. The van der Waals surface area contributed by atoms with Gasteiger partial charge in [-0.1, -0.05) is 17.7 Å². The van der Waals surface area contributed by atoms with E-state index in [4.69, 9.17) is 21.1 Å². The smallest absolute Gasteiger partial charge is 0.175 e. The SMILES string of the molecule is CCOc1cc(CNc2cc(Cl)ccc2C)cc(Br)c1OCC. The predicted octanol–water partition coefficient (Wildman–Crippen LogP) is 5.82. The monoisotopic (exact) mass is 397 g/mol. The third-order valence-corrected chi connectivity index (χ3v) is 4.16. The van der Waals surface area contributed by atoms with Gasteiger partial charge in [0.1, 0.15) is 0 Å². The van der Waals surface area contributed by atoms with E-state index < -0.39 is 0 Å². The van der Waals surface area contributed by atoms with Crippen molar-refractivity contribution >= 4 is 33.2 Å². The Morgan fingerprint density at radius 1 is 1.09 bits per heavy atom. The van der Waals surface area contributed by atoms with Crippen molar-refractivity contribution in [2.24, 2.45) is 0 Å². The van der Waals surface area contributed by atoms with Crippen LogP contribution >= 0.6 is 27.5 Å². The van der Waals surface area contributed by atoms with Gasteiger partial charge < -0.3 is 14.8 Å². The molecule has 0 atom stereocenters. The Balaban J connectivity index is 2.21. The Morgan fingerprint density at radius 2 is 1.83 bits per heavy atom. The van der Waals surface area contributed by atoms with Crippen molar-refractivity contribution in [3.63, 3.8) is 0 Å². The molecule has 0 spiro atoms. The summed E-state index contributed by atoms with van der Waals surface area (Å²) in [6, 6.07) is 9.88. The summed E-state index contributed by atoms with van der Waals surface area (Å²) in [5.74, 6) is 1.50. The summed E-state index contributed by atoms with van der Waals surface area (Å²) < 4.78 is 12.3. The quantitative estimate of drug-likeness (QED) is 0.637. The molecular formula is C18H21BrClNO2. The summed E-state index contributed by atoms with van der Waals surface area (Å²) in [6.45, 7) is 7.84. The zero-order chi connectivity index (χ0) is 16.8. The molecule has 0 aliphatic carbocycles. The normalized spacial score (nSPS) is 10.5. The molecule has 2 rings (SSSR count). The molecule has 0 aliphatic rings. The lowest BCUT2D eigenvalue weighted by Crippen LogP contribution is -2.04. The number of halogens is 2. The van der Waals surface area contributed by atoms with E-state index >= 15 is 0 Å². The fourth-order valence-electron chi connectivity index (χ4n) is 2.25. The standard InChI is InChI=1S/C18H21BrClNO2/c1-4-22-17-9-13(8-15(19)18(17)23-5-2)11-21-16-10-14(20)7-6-12(16)3/h6-10,21H,4-5,11H2,1-3H3. The zero-order valence-corrected chi connectivity index (χ0v) is 15.9. The number of nitrogens with one attached hydrogen (secondary N) is 1. The Hall–Kier alpha value is -1.39. The summed E-state index contributed by atoms with van der Waals surface area (Å²) in [4.78, 5) is 0. The molecule has 0 heterocycles. The number of hydrogen-bond donors (Lipinski definition) is 1. The van der Waals surface area contributed by atoms with Crippen LogP contribution in [0.25, 0.3) is 0 Å². The van der Waals surface area contributed by atoms with Crippen molar-refractivity contribution in [3.05, 3.63) is 51.0 Å². The molecule has 0 radical (unpaired) electrons. The van der Waals surface area contributed by atoms with Gasteiger partial charge in [-0.25, -0.2) is 0 Å². The zero-order valence-electron chi connectivity index (χ0n) is 13.6. The second kappa shape index (κ2) is 8.46. The molecule has 5 heteroatoms. The first-order chi connectivity index (χ1) is 11.0. The average molecular weight is 399 g/mol. The number of ether oxygens (including phenoxy) is 2. The molecule has 2 aromatic rings. The van der Waals surface area contributed by atoms with Gasteiger partial charge in [-0.15, -0.1) is 0 Å². The minimum Gasteiger partial charge on any atom is -0.490 e. The third kappa shape index (κ3) is 4.79. The fourth-order valence-corrected chi connectivity index (χ4v) is 3.03. The molecule has 0 unspecified atom stereocenters. The van der Waals surface area contributed by atoms with Crippen LogP contribution in [-0.2, 0) is 6.54 Å². The van der Waals surface area contributed by atoms with E-state index in [0.717, 1.165) is 37.8 Å². The van der Waals surface area contributed by atoms with Crippen LogP contribution in [0, 0.1) is 6.92 Å². The number of anilines is 1. The minimum atomic E-state index is 0.594. The molecule has 0 saturated heterocycles. The first-order valence-corrected chi connectivity index (χ1v) is 8.80. The van der Waals surface area contributed by atoms with Crippen molar-refractivity contribution in [1.29, 1.82) is 0 Å². The second-order valence-corrected chi connectivity index (χ2v) is 6.37. The van der Waals surface area contributed by atoms with Crippen molar-refractivity contribution < 1.29 is 9.47 Å². The van der Waals surface area contributed by atoms with Gasteiger partial charge in [-0.2, -0.15) is 0 Å². The van der Waals surface area contributed by atoms with Crippen molar-refractivity contribution in [2.75, 3.05) is 18.5 Å². The van der Waals surface area contributed by atoms with E-state index in [9.17, 15) is 0 Å². The van der Waals surface area contributed by atoms with Crippen LogP contribution in [0.5, 0.6) is 11.5 Å². The van der Waals surface area contributed by atoms with E-state index in [1.54, 1.807) is 0 Å². The highest BCUT2D eigenvalue weighted by atomic mass is 79.9. The number of benzene rings is 2. The van der Waals surface area contributed by atoms with E-state index in [2.05, 4.69) is 28.2 Å². The van der Waals surface area contributed by atoms with Crippen LogP contribution in [0.1, 0.15) is 25.0 Å². The Morgan fingerprint density at radius 3 is 2.52 bits per heavy atom. The van der Waals surface area contributed by atoms with Crippen LogP contribution in [0.3, 0.4) is 0 Å². The number of hydrogen-bond acceptors (Lipinski definition) is 3. The molecule has 0 aliphatic heterocycles. The Kier molecular flexibility index (Phi) is 6.60. The largest absolute Gasteiger partial charge is 0.490 e. The van der Waals surface area contributed by atoms with Crippen LogP contribution in [0.2, 0.25) is 5.02 Å². The Labute approximate surface area is 151 Å². The summed E-state index contributed by atoms with van der Waals surface area (Å²) >= 11 is 9.63. The van der Waals surface area contributed by atoms with Gasteiger partial charge in [0.15, 0.2) is 11.5 Å². The van der Waals surface area contributed by atoms with E-state index in [1.165, 1.54) is 0 Å². The van der Waals surface area contributed by atoms with Crippen LogP contribution in [-0.4, -0.2) is 13.2 Å². The van der Waals surface area contributed by atoms with Crippen molar-refractivity contribution in [2.45, 2.75) is 27.3 Å². The van der Waals surface area contributed by atoms with Crippen LogP contribution in [0.15, 0.2) is 34.8 Å². The van der Waals surface area contributed by atoms with E-state index in [-0.39, 0.29) is 0 Å². The molecule has 0 fully saturated rings. The maximum absolute atomic E-state index is 6.06. The fraction of sp³-hybridized carbons (Fsp3) is 0.333. The maximum Gasteiger partial charge on any atom is 0.175 e. The van der Waals surface area contributed by atoms with Gasteiger partial charge in [-0.05, 0) is 72.1 Å². The summed E-state index contributed by atoms with van der Waals surface area (Å²) in [6.07, 6.45) is 0. The lowest BCUT2D eigenvalue weighted by molar-refractivity contribution is 0.286. The van der Waals surface area contributed by atoms with Gasteiger partial charge in [0, 0.05) is 17.3 Å². The van der Waals surface area contributed by atoms with Gasteiger partial charge in [0.25, 0.3) is 0 Å². The van der Waals surface area contributed by atoms with Crippen LogP contribution in [0.4, 0.5) is 5.69 Å². The van der Waals surface area contributed by atoms with Gasteiger partial charge >= 0.3 is 0 Å². The second-order valence-electron chi connectivity index (χ2n) is 5.08.